The number of aromatic nitrogens is 3. The summed E-state index contributed by atoms with van der Waals surface area (Å²) in [7, 11) is -3.09. The second kappa shape index (κ2) is 13.8. The van der Waals surface area contributed by atoms with E-state index in [4.69, 9.17) is 26.1 Å². The maximum absolute atomic E-state index is 13.5. The standard InChI is InChI=1S/C31H30ClFN4O4S2/c1-3-28(40-12-13-43(38,39)4-2)31-37-27(18-42-31)21-8-10-26-24(15-21)30(35-19-34-26)36-23-9-11-29(25(32)16-23)41-17-20-6-5-7-22(33)14-20/h5-11,14-16,18-19,28H,3-4,12-13,17H2,1-2H3,(H,34,35,36). The van der Waals surface area contributed by atoms with Crippen LogP contribution in [0.15, 0.2) is 72.4 Å². The Morgan fingerprint density at radius 3 is 2.70 bits per heavy atom. The number of halogens is 2. The van der Waals surface area contributed by atoms with E-state index in [1.54, 1.807) is 31.2 Å². The summed E-state index contributed by atoms with van der Waals surface area (Å²) in [6, 6.07) is 17.4. The zero-order valence-corrected chi connectivity index (χ0v) is 26.0. The minimum absolute atomic E-state index is 0.00540. The van der Waals surface area contributed by atoms with Crippen LogP contribution >= 0.6 is 22.9 Å². The van der Waals surface area contributed by atoms with Crippen LogP contribution in [0.4, 0.5) is 15.9 Å². The average molecular weight is 641 g/mol. The summed E-state index contributed by atoms with van der Waals surface area (Å²) in [6.07, 6.45) is 1.89. The molecule has 8 nitrogen and oxygen atoms in total. The van der Waals surface area contributed by atoms with Crippen LogP contribution in [0.1, 0.15) is 36.9 Å². The highest BCUT2D eigenvalue weighted by atomic mass is 35.5. The van der Waals surface area contributed by atoms with Crippen LogP contribution in [-0.2, 0) is 21.2 Å². The number of sulfone groups is 1. The Morgan fingerprint density at radius 2 is 1.93 bits per heavy atom. The largest absolute Gasteiger partial charge is 0.487 e. The average Bonchev–Trinajstić information content (AvgIpc) is 3.49. The molecule has 2 heterocycles. The van der Waals surface area contributed by atoms with E-state index >= 15 is 0 Å². The van der Waals surface area contributed by atoms with E-state index in [-0.39, 0.29) is 36.6 Å². The summed E-state index contributed by atoms with van der Waals surface area (Å²) in [5, 5.41) is 7.27. The first-order chi connectivity index (χ1) is 20.7. The Kier molecular flexibility index (Phi) is 9.86. The Balaban J connectivity index is 1.31. The highest BCUT2D eigenvalue weighted by molar-refractivity contribution is 7.91. The van der Waals surface area contributed by atoms with Gasteiger partial charge in [0.2, 0.25) is 0 Å². The number of hydrogen-bond donors (Lipinski definition) is 1. The number of nitrogens with zero attached hydrogens (tertiary/aromatic N) is 3. The molecule has 224 valence electrons. The summed E-state index contributed by atoms with van der Waals surface area (Å²) in [5.41, 5.74) is 3.83. The topological polar surface area (TPSA) is 103 Å². The van der Waals surface area contributed by atoms with Gasteiger partial charge in [-0.3, -0.25) is 0 Å². The van der Waals surface area contributed by atoms with E-state index in [1.807, 2.05) is 36.6 Å². The van der Waals surface area contributed by atoms with Crippen molar-refractivity contribution in [1.82, 2.24) is 15.0 Å². The molecule has 0 amide bonds. The lowest BCUT2D eigenvalue weighted by molar-refractivity contribution is 0.0609. The Labute approximate surface area is 258 Å². The number of anilines is 2. The predicted octanol–water partition coefficient (Wildman–Crippen LogP) is 7.77. The van der Waals surface area contributed by atoms with Crippen molar-refractivity contribution in [2.75, 3.05) is 23.4 Å². The molecule has 0 saturated carbocycles. The Morgan fingerprint density at radius 1 is 1.07 bits per heavy atom. The lowest BCUT2D eigenvalue weighted by atomic mass is 10.1. The fraction of sp³-hybridized carbons (Fsp3) is 0.258. The van der Waals surface area contributed by atoms with Gasteiger partial charge in [0.05, 0.1) is 28.6 Å². The fourth-order valence-electron chi connectivity index (χ4n) is 4.33. The molecule has 0 saturated heterocycles. The third-order valence-corrected chi connectivity index (χ3v) is 9.63. The van der Waals surface area contributed by atoms with Crippen molar-refractivity contribution in [1.29, 1.82) is 0 Å². The molecule has 0 spiro atoms. The van der Waals surface area contributed by atoms with Gasteiger partial charge in [-0.2, -0.15) is 0 Å². The predicted molar refractivity (Wildman–Crippen MR) is 169 cm³/mol. The van der Waals surface area contributed by atoms with E-state index in [2.05, 4.69) is 15.3 Å². The number of ether oxygens (including phenoxy) is 2. The number of benzene rings is 3. The van der Waals surface area contributed by atoms with Crippen LogP contribution in [0.3, 0.4) is 0 Å². The molecule has 12 heteroatoms. The molecular formula is C31H30ClFN4O4S2. The smallest absolute Gasteiger partial charge is 0.152 e. The molecule has 1 atom stereocenters. The zero-order chi connectivity index (χ0) is 30.4. The van der Waals surface area contributed by atoms with Gasteiger partial charge in [0.1, 0.15) is 41.4 Å². The minimum Gasteiger partial charge on any atom is -0.487 e. The Hall–Kier alpha value is -3.64. The van der Waals surface area contributed by atoms with E-state index in [0.29, 0.717) is 34.3 Å². The second-order valence-electron chi connectivity index (χ2n) is 9.72. The lowest BCUT2D eigenvalue weighted by Crippen LogP contribution is -2.16. The van der Waals surface area contributed by atoms with Gasteiger partial charge in [-0.05, 0) is 54.4 Å². The number of nitrogens with one attached hydrogen (secondary N) is 1. The van der Waals surface area contributed by atoms with Crippen molar-refractivity contribution >= 4 is 55.2 Å². The first-order valence-electron chi connectivity index (χ1n) is 13.7. The van der Waals surface area contributed by atoms with Crippen LogP contribution in [-0.4, -0.2) is 41.5 Å². The van der Waals surface area contributed by atoms with Crippen LogP contribution < -0.4 is 10.1 Å². The highest BCUT2D eigenvalue weighted by Gasteiger charge is 2.18. The van der Waals surface area contributed by atoms with Crippen molar-refractivity contribution in [3.8, 4) is 17.0 Å². The first-order valence-corrected chi connectivity index (χ1v) is 16.8. The van der Waals surface area contributed by atoms with Gasteiger partial charge < -0.3 is 14.8 Å². The van der Waals surface area contributed by atoms with E-state index < -0.39 is 9.84 Å². The molecule has 3 aromatic carbocycles. The van der Waals surface area contributed by atoms with Gasteiger partial charge in [-0.1, -0.05) is 43.6 Å². The van der Waals surface area contributed by atoms with Crippen LogP contribution in [0, 0.1) is 5.82 Å². The van der Waals surface area contributed by atoms with Crippen molar-refractivity contribution in [3.05, 3.63) is 93.8 Å². The van der Waals surface area contributed by atoms with E-state index in [0.717, 1.165) is 27.2 Å². The van der Waals surface area contributed by atoms with E-state index in [9.17, 15) is 12.8 Å². The van der Waals surface area contributed by atoms with Crippen molar-refractivity contribution in [2.24, 2.45) is 0 Å². The van der Waals surface area contributed by atoms with Crippen LogP contribution in [0.25, 0.3) is 22.2 Å². The van der Waals surface area contributed by atoms with Gasteiger partial charge in [-0.15, -0.1) is 11.3 Å². The number of hydrogen-bond acceptors (Lipinski definition) is 9. The molecule has 5 aromatic rings. The quantitative estimate of drug-likeness (QED) is 0.139. The zero-order valence-electron chi connectivity index (χ0n) is 23.6. The summed E-state index contributed by atoms with van der Waals surface area (Å²) in [4.78, 5) is 13.7. The maximum atomic E-state index is 13.5. The molecule has 0 aliphatic heterocycles. The molecular weight excluding hydrogens is 611 g/mol. The van der Waals surface area contributed by atoms with Gasteiger partial charge >= 0.3 is 0 Å². The molecule has 0 fully saturated rings. The molecule has 43 heavy (non-hydrogen) atoms. The van der Waals surface area contributed by atoms with Crippen LogP contribution in [0.5, 0.6) is 5.75 Å². The maximum Gasteiger partial charge on any atom is 0.152 e. The molecule has 0 bridgehead atoms. The van der Waals surface area contributed by atoms with Crippen molar-refractivity contribution < 1.29 is 22.3 Å². The summed E-state index contributed by atoms with van der Waals surface area (Å²) >= 11 is 7.98. The Bertz CT molecular complexity index is 1830. The minimum atomic E-state index is -3.09. The monoisotopic (exact) mass is 640 g/mol. The van der Waals surface area contributed by atoms with Gasteiger partial charge in [-0.25, -0.2) is 27.8 Å². The third kappa shape index (κ3) is 7.85. The molecule has 2 aromatic heterocycles. The first kappa shape index (κ1) is 30.8. The van der Waals surface area contributed by atoms with Crippen molar-refractivity contribution in [3.63, 3.8) is 0 Å². The third-order valence-electron chi connectivity index (χ3n) is 6.73. The number of thiazole rings is 1. The second-order valence-corrected chi connectivity index (χ2v) is 13.5. The van der Waals surface area contributed by atoms with Gasteiger partial charge in [0, 0.05) is 27.8 Å². The summed E-state index contributed by atoms with van der Waals surface area (Å²) in [6.45, 7) is 3.94. The SMILES string of the molecule is CCC(OCCS(=O)(=O)CC)c1nc(-c2ccc3ncnc(Nc4ccc(OCc5cccc(F)c5)c(Cl)c4)c3c2)cs1. The molecule has 5 rings (SSSR count). The molecule has 0 aliphatic rings. The summed E-state index contributed by atoms with van der Waals surface area (Å²) in [5.74, 6) is 0.848. The molecule has 0 radical (unpaired) electrons. The van der Waals surface area contributed by atoms with Crippen LogP contribution in [0.2, 0.25) is 5.02 Å². The lowest BCUT2D eigenvalue weighted by Gasteiger charge is -2.13. The van der Waals surface area contributed by atoms with E-state index in [1.165, 1.54) is 29.8 Å². The fourth-order valence-corrected chi connectivity index (χ4v) is 6.16. The highest BCUT2D eigenvalue weighted by Crippen LogP contribution is 2.34. The number of fused-ring (bicyclic) bond motifs is 1. The molecule has 1 unspecified atom stereocenters. The molecule has 1 N–H and O–H groups in total. The van der Waals surface area contributed by atoms with Gasteiger partial charge in [0.25, 0.3) is 0 Å². The molecule has 0 aliphatic carbocycles. The normalized spacial score (nSPS) is 12.4. The van der Waals surface area contributed by atoms with Crippen molar-refractivity contribution in [2.45, 2.75) is 33.0 Å². The summed E-state index contributed by atoms with van der Waals surface area (Å²) < 4.78 is 48.8. The number of rotatable bonds is 13. The van der Waals surface area contributed by atoms with Gasteiger partial charge in [0.15, 0.2) is 9.84 Å².